The van der Waals surface area contributed by atoms with Crippen molar-refractivity contribution in [1.82, 2.24) is 9.97 Å². The Morgan fingerprint density at radius 2 is 1.95 bits per heavy atom. The minimum Gasteiger partial charge on any atom is -0.497 e. The summed E-state index contributed by atoms with van der Waals surface area (Å²) in [5, 5.41) is 1.59. The maximum atomic E-state index is 11.7. The van der Waals surface area contributed by atoms with Crippen molar-refractivity contribution in [3.05, 3.63) is 40.3 Å². The summed E-state index contributed by atoms with van der Waals surface area (Å²) in [5.41, 5.74) is 1.52. The third-order valence-electron chi connectivity index (χ3n) is 3.17. The Morgan fingerprint density at radius 3 is 2.63 bits per heavy atom. The molecule has 5 heteroatoms. The number of ketones is 1. The Morgan fingerprint density at radius 1 is 1.16 bits per heavy atom. The molecule has 0 aliphatic rings. The standard InChI is InChI=1S/C14H12N2O3/c1-7(17)13-14-10(6-12(18)16-13)9-5-8(19-2)3-4-11(9)15-14/h3-6,15H,1-2H3,(H,16,18). The summed E-state index contributed by atoms with van der Waals surface area (Å²) in [4.78, 5) is 29.0. The Hall–Kier alpha value is -2.56. The van der Waals surface area contributed by atoms with Crippen LogP contribution in [0.3, 0.4) is 0 Å². The first-order valence-corrected chi connectivity index (χ1v) is 5.84. The number of aromatic nitrogens is 2. The van der Waals surface area contributed by atoms with E-state index in [9.17, 15) is 9.59 Å². The zero-order chi connectivity index (χ0) is 13.6. The topological polar surface area (TPSA) is 75.0 Å². The van der Waals surface area contributed by atoms with Gasteiger partial charge in [0.05, 0.1) is 12.6 Å². The van der Waals surface area contributed by atoms with Crippen molar-refractivity contribution < 1.29 is 9.53 Å². The molecule has 1 aromatic carbocycles. The number of pyridine rings is 1. The molecule has 0 atom stereocenters. The minimum atomic E-state index is -0.290. The normalized spacial score (nSPS) is 11.1. The molecule has 3 aromatic rings. The van der Waals surface area contributed by atoms with Crippen LogP contribution < -0.4 is 10.3 Å². The van der Waals surface area contributed by atoms with Crippen LogP contribution >= 0.6 is 0 Å². The van der Waals surface area contributed by atoms with E-state index in [2.05, 4.69) is 9.97 Å². The van der Waals surface area contributed by atoms with E-state index in [0.29, 0.717) is 17.0 Å². The number of ether oxygens (including phenoxy) is 1. The molecule has 0 bridgehead atoms. The van der Waals surface area contributed by atoms with E-state index < -0.39 is 0 Å². The van der Waals surface area contributed by atoms with Gasteiger partial charge >= 0.3 is 0 Å². The van der Waals surface area contributed by atoms with Gasteiger partial charge in [-0.2, -0.15) is 0 Å². The minimum absolute atomic E-state index is 0.179. The SMILES string of the molecule is COc1ccc2[nH]c3c(C(C)=O)[nH]c(=O)cc3c2c1. The fraction of sp³-hybridized carbons (Fsp3) is 0.143. The Balaban J connectivity index is 2.50. The lowest BCUT2D eigenvalue weighted by Crippen LogP contribution is -2.10. The fourth-order valence-corrected chi connectivity index (χ4v) is 2.28. The van der Waals surface area contributed by atoms with Crippen molar-refractivity contribution in [2.24, 2.45) is 0 Å². The van der Waals surface area contributed by atoms with Crippen LogP contribution in [0.15, 0.2) is 29.1 Å². The lowest BCUT2D eigenvalue weighted by molar-refractivity contribution is 0.101. The molecule has 19 heavy (non-hydrogen) atoms. The highest BCUT2D eigenvalue weighted by Gasteiger charge is 2.13. The monoisotopic (exact) mass is 256 g/mol. The van der Waals surface area contributed by atoms with Crippen LogP contribution in [0, 0.1) is 0 Å². The van der Waals surface area contributed by atoms with Gasteiger partial charge in [0.25, 0.3) is 0 Å². The molecule has 0 amide bonds. The van der Waals surface area contributed by atoms with E-state index in [1.54, 1.807) is 7.11 Å². The zero-order valence-corrected chi connectivity index (χ0v) is 10.5. The number of hydrogen-bond donors (Lipinski definition) is 2. The van der Waals surface area contributed by atoms with Crippen LogP contribution in [0.25, 0.3) is 21.8 Å². The third kappa shape index (κ3) is 1.71. The predicted molar refractivity (Wildman–Crippen MR) is 73.0 cm³/mol. The second-order valence-electron chi connectivity index (χ2n) is 4.39. The molecule has 96 valence electrons. The van der Waals surface area contributed by atoms with Crippen LogP contribution in [0.1, 0.15) is 17.4 Å². The molecular weight excluding hydrogens is 244 g/mol. The molecule has 0 aliphatic heterocycles. The predicted octanol–water partition coefficient (Wildman–Crippen LogP) is 2.22. The number of Topliss-reactive ketones (excluding diaryl/α,β-unsaturated/α-hetero) is 1. The Kier molecular flexibility index (Phi) is 2.41. The Bertz CT molecular complexity index is 858. The second-order valence-corrected chi connectivity index (χ2v) is 4.39. The van der Waals surface area contributed by atoms with Gasteiger partial charge in [0, 0.05) is 29.3 Å². The van der Waals surface area contributed by atoms with Gasteiger partial charge in [-0.15, -0.1) is 0 Å². The number of benzene rings is 1. The molecule has 2 heterocycles. The van der Waals surface area contributed by atoms with Gasteiger partial charge in [0.1, 0.15) is 11.4 Å². The van der Waals surface area contributed by atoms with Gasteiger partial charge in [-0.25, -0.2) is 0 Å². The molecule has 0 saturated carbocycles. The Labute approximate surface area is 108 Å². The van der Waals surface area contributed by atoms with Gasteiger partial charge in [0.2, 0.25) is 5.56 Å². The van der Waals surface area contributed by atoms with Crippen molar-refractivity contribution in [3.8, 4) is 5.75 Å². The lowest BCUT2D eigenvalue weighted by atomic mass is 10.1. The number of nitrogens with one attached hydrogen (secondary N) is 2. The smallest absolute Gasteiger partial charge is 0.249 e. The van der Waals surface area contributed by atoms with Gasteiger partial charge in [0.15, 0.2) is 5.78 Å². The molecule has 0 unspecified atom stereocenters. The first-order valence-electron chi connectivity index (χ1n) is 5.84. The first-order chi connectivity index (χ1) is 9.10. The number of rotatable bonds is 2. The van der Waals surface area contributed by atoms with E-state index in [1.807, 2.05) is 18.2 Å². The molecule has 0 saturated heterocycles. The summed E-state index contributed by atoms with van der Waals surface area (Å²) >= 11 is 0. The molecule has 0 radical (unpaired) electrons. The van der Waals surface area contributed by atoms with Crippen molar-refractivity contribution in [1.29, 1.82) is 0 Å². The number of carbonyl (C=O) groups is 1. The van der Waals surface area contributed by atoms with Crippen molar-refractivity contribution >= 4 is 27.6 Å². The summed E-state index contributed by atoms with van der Waals surface area (Å²) in [5.74, 6) is 0.527. The van der Waals surface area contributed by atoms with E-state index in [1.165, 1.54) is 13.0 Å². The average Bonchev–Trinajstić information content (AvgIpc) is 2.75. The van der Waals surface area contributed by atoms with Gasteiger partial charge in [-0.1, -0.05) is 0 Å². The first kappa shape index (κ1) is 11.5. The molecule has 0 spiro atoms. The molecule has 3 rings (SSSR count). The molecular formula is C14H12N2O3. The maximum Gasteiger partial charge on any atom is 0.249 e. The molecule has 5 nitrogen and oxygen atoms in total. The highest BCUT2D eigenvalue weighted by molar-refractivity contribution is 6.14. The van der Waals surface area contributed by atoms with Crippen molar-refractivity contribution in [2.45, 2.75) is 6.92 Å². The summed E-state index contributed by atoms with van der Waals surface area (Å²) in [6.07, 6.45) is 0. The maximum absolute atomic E-state index is 11.7. The quantitative estimate of drug-likeness (QED) is 0.690. The summed E-state index contributed by atoms with van der Waals surface area (Å²) in [6.45, 7) is 1.43. The highest BCUT2D eigenvalue weighted by Crippen LogP contribution is 2.28. The second kappa shape index (κ2) is 3.98. The number of fused-ring (bicyclic) bond motifs is 3. The molecule has 0 aliphatic carbocycles. The zero-order valence-electron chi connectivity index (χ0n) is 10.5. The van der Waals surface area contributed by atoms with Crippen LogP contribution in [0.5, 0.6) is 5.75 Å². The summed E-state index contributed by atoms with van der Waals surface area (Å²) < 4.78 is 5.18. The van der Waals surface area contributed by atoms with E-state index >= 15 is 0 Å². The number of methoxy groups -OCH3 is 1. The largest absolute Gasteiger partial charge is 0.497 e. The highest BCUT2D eigenvalue weighted by atomic mass is 16.5. The van der Waals surface area contributed by atoms with E-state index in [-0.39, 0.29) is 11.3 Å². The van der Waals surface area contributed by atoms with Crippen molar-refractivity contribution in [2.75, 3.05) is 7.11 Å². The van der Waals surface area contributed by atoms with Crippen LogP contribution in [-0.2, 0) is 0 Å². The average molecular weight is 256 g/mol. The molecule has 2 aromatic heterocycles. The van der Waals surface area contributed by atoms with Crippen LogP contribution in [0.4, 0.5) is 0 Å². The van der Waals surface area contributed by atoms with Gasteiger partial charge in [-0.3, -0.25) is 9.59 Å². The van der Waals surface area contributed by atoms with Crippen molar-refractivity contribution in [3.63, 3.8) is 0 Å². The van der Waals surface area contributed by atoms with E-state index in [0.717, 1.165) is 16.3 Å². The van der Waals surface area contributed by atoms with Gasteiger partial charge < -0.3 is 14.7 Å². The van der Waals surface area contributed by atoms with Crippen LogP contribution in [-0.4, -0.2) is 22.9 Å². The molecule has 0 fully saturated rings. The fourth-order valence-electron chi connectivity index (χ4n) is 2.28. The molecule has 2 N–H and O–H groups in total. The van der Waals surface area contributed by atoms with Gasteiger partial charge in [-0.05, 0) is 18.2 Å². The third-order valence-corrected chi connectivity index (χ3v) is 3.17. The number of H-pyrrole nitrogens is 2. The number of carbonyl (C=O) groups excluding carboxylic acids is 1. The summed E-state index contributed by atoms with van der Waals surface area (Å²) in [7, 11) is 1.59. The van der Waals surface area contributed by atoms with E-state index in [4.69, 9.17) is 4.74 Å². The lowest BCUT2D eigenvalue weighted by Gasteiger charge is -1.99. The van der Waals surface area contributed by atoms with Crippen LogP contribution in [0.2, 0.25) is 0 Å². The number of aromatic amines is 2. The number of hydrogen-bond acceptors (Lipinski definition) is 3. The summed E-state index contributed by atoms with van der Waals surface area (Å²) in [6, 6.07) is 7.02.